The molecule has 0 unspecified atom stereocenters. The minimum atomic E-state index is -0.119. The molecule has 1 aromatic carbocycles. The zero-order valence-corrected chi connectivity index (χ0v) is 16.8. The summed E-state index contributed by atoms with van der Waals surface area (Å²) in [6.45, 7) is 11.0. The number of rotatable bonds is 6. The number of aromatic nitrogens is 2. The number of nitrogens with one attached hydrogen (secondary N) is 1. The molecule has 0 bridgehead atoms. The van der Waals surface area contributed by atoms with Crippen LogP contribution in [0.4, 0.5) is 11.5 Å². The number of hydrogen-bond donors (Lipinski definition) is 1. The molecule has 1 N–H and O–H groups in total. The van der Waals surface area contributed by atoms with E-state index >= 15 is 0 Å². The van der Waals surface area contributed by atoms with Gasteiger partial charge in [-0.3, -0.25) is 0 Å². The van der Waals surface area contributed by atoms with Crippen LogP contribution < -0.4 is 10.2 Å². The average Bonchev–Trinajstić information content (AvgIpc) is 2.67. The van der Waals surface area contributed by atoms with E-state index in [0.29, 0.717) is 13.2 Å². The Labute approximate surface area is 161 Å². The summed E-state index contributed by atoms with van der Waals surface area (Å²) in [6.07, 6.45) is 0. The normalized spacial score (nSPS) is 15.0. The molecule has 1 aromatic heterocycles. The second kappa shape index (κ2) is 8.67. The molecule has 2 aromatic rings. The van der Waals surface area contributed by atoms with Crippen molar-refractivity contribution in [1.29, 1.82) is 0 Å². The molecule has 0 radical (unpaired) electrons. The number of para-hydroxylation sites is 1. The van der Waals surface area contributed by atoms with Gasteiger partial charge in [0.25, 0.3) is 0 Å². The zero-order valence-electron chi connectivity index (χ0n) is 16.8. The maximum Gasteiger partial charge on any atom is 0.136 e. The zero-order chi connectivity index (χ0) is 19.3. The monoisotopic (exact) mass is 370 g/mol. The van der Waals surface area contributed by atoms with Crippen molar-refractivity contribution in [3.05, 3.63) is 47.4 Å². The van der Waals surface area contributed by atoms with Crippen LogP contribution in [0.5, 0.6) is 0 Å². The molecule has 0 amide bonds. The largest absolute Gasteiger partial charge is 0.378 e. The molecular weight excluding hydrogens is 340 g/mol. The minimum Gasteiger partial charge on any atom is -0.378 e. The molecule has 1 aliphatic heterocycles. The van der Waals surface area contributed by atoms with E-state index in [-0.39, 0.29) is 5.41 Å². The van der Waals surface area contributed by atoms with Crippen LogP contribution in [0.2, 0.25) is 0 Å². The van der Waals surface area contributed by atoms with Crippen LogP contribution in [0, 0.1) is 0 Å². The highest BCUT2D eigenvalue weighted by Gasteiger charge is 2.19. The molecule has 0 aliphatic carbocycles. The van der Waals surface area contributed by atoms with Crippen LogP contribution in [0.25, 0.3) is 0 Å². The Balaban J connectivity index is 1.79. The van der Waals surface area contributed by atoms with Crippen LogP contribution >= 0.6 is 0 Å². The number of ether oxygens (including phenoxy) is 2. The van der Waals surface area contributed by atoms with Gasteiger partial charge in [0.1, 0.15) is 11.6 Å². The Bertz CT molecular complexity index is 752. The smallest absolute Gasteiger partial charge is 0.136 e. The SMILES string of the molecule is COCc1cc(NCc2ccccc2N2CCOCC2)nc(C(C)(C)C)n1. The van der Waals surface area contributed by atoms with E-state index in [4.69, 9.17) is 14.5 Å². The van der Waals surface area contributed by atoms with Gasteiger partial charge in [-0.2, -0.15) is 0 Å². The number of nitrogens with zero attached hydrogens (tertiary/aromatic N) is 3. The highest BCUT2D eigenvalue weighted by atomic mass is 16.5. The second-order valence-electron chi connectivity index (χ2n) is 7.83. The quantitative estimate of drug-likeness (QED) is 0.841. The molecule has 2 heterocycles. The van der Waals surface area contributed by atoms with E-state index in [9.17, 15) is 0 Å². The number of morpholine rings is 1. The molecule has 0 saturated carbocycles. The molecule has 1 aliphatic rings. The lowest BCUT2D eigenvalue weighted by atomic mass is 9.95. The number of benzene rings is 1. The standard InChI is InChI=1S/C21H30N4O2/c1-21(2,3)20-23-17(15-26-4)13-19(24-20)22-14-16-7-5-6-8-18(16)25-9-11-27-12-10-25/h5-8,13H,9-12,14-15H2,1-4H3,(H,22,23,24). The van der Waals surface area contributed by atoms with Gasteiger partial charge >= 0.3 is 0 Å². The molecule has 0 spiro atoms. The molecule has 6 nitrogen and oxygen atoms in total. The summed E-state index contributed by atoms with van der Waals surface area (Å²) < 4.78 is 10.8. The fourth-order valence-corrected chi connectivity index (χ4v) is 3.10. The van der Waals surface area contributed by atoms with Gasteiger partial charge in [0.15, 0.2) is 0 Å². The third-order valence-electron chi connectivity index (χ3n) is 4.55. The Morgan fingerprint density at radius 1 is 1.15 bits per heavy atom. The topological polar surface area (TPSA) is 59.5 Å². The first-order valence-electron chi connectivity index (χ1n) is 9.49. The predicted molar refractivity (Wildman–Crippen MR) is 108 cm³/mol. The fourth-order valence-electron chi connectivity index (χ4n) is 3.10. The van der Waals surface area contributed by atoms with Crippen LogP contribution in [0.3, 0.4) is 0 Å². The molecule has 27 heavy (non-hydrogen) atoms. The van der Waals surface area contributed by atoms with Gasteiger partial charge in [-0.15, -0.1) is 0 Å². The van der Waals surface area contributed by atoms with E-state index in [1.165, 1.54) is 11.3 Å². The first-order valence-corrected chi connectivity index (χ1v) is 9.49. The lowest BCUT2D eigenvalue weighted by Gasteiger charge is -2.30. The van der Waals surface area contributed by atoms with E-state index in [1.807, 2.05) is 6.07 Å². The summed E-state index contributed by atoms with van der Waals surface area (Å²) in [6, 6.07) is 10.5. The van der Waals surface area contributed by atoms with Crippen molar-refractivity contribution in [2.24, 2.45) is 0 Å². The van der Waals surface area contributed by atoms with Gasteiger partial charge in [-0.1, -0.05) is 39.0 Å². The summed E-state index contributed by atoms with van der Waals surface area (Å²) in [5.41, 5.74) is 3.28. The average molecular weight is 370 g/mol. The van der Waals surface area contributed by atoms with Crippen molar-refractivity contribution in [2.45, 2.75) is 39.3 Å². The molecule has 0 atom stereocenters. The van der Waals surface area contributed by atoms with Crippen molar-refractivity contribution in [3.8, 4) is 0 Å². The number of hydrogen-bond acceptors (Lipinski definition) is 6. The van der Waals surface area contributed by atoms with Crippen molar-refractivity contribution < 1.29 is 9.47 Å². The van der Waals surface area contributed by atoms with E-state index in [2.05, 4.69) is 60.2 Å². The van der Waals surface area contributed by atoms with Crippen molar-refractivity contribution in [2.75, 3.05) is 43.6 Å². The van der Waals surface area contributed by atoms with Crippen LogP contribution in [0.1, 0.15) is 37.9 Å². The van der Waals surface area contributed by atoms with Gasteiger partial charge < -0.3 is 19.7 Å². The Hall–Kier alpha value is -2.18. The van der Waals surface area contributed by atoms with Crippen LogP contribution in [-0.4, -0.2) is 43.4 Å². The van der Waals surface area contributed by atoms with Crippen LogP contribution in [-0.2, 0) is 28.0 Å². The lowest BCUT2D eigenvalue weighted by molar-refractivity contribution is 0.122. The Morgan fingerprint density at radius 3 is 2.59 bits per heavy atom. The molecule has 1 fully saturated rings. The Kier molecular flexibility index (Phi) is 6.29. The fraction of sp³-hybridized carbons (Fsp3) is 0.524. The summed E-state index contributed by atoms with van der Waals surface area (Å²) in [4.78, 5) is 11.8. The van der Waals surface area contributed by atoms with E-state index in [0.717, 1.165) is 43.6 Å². The number of anilines is 2. The maximum atomic E-state index is 5.49. The van der Waals surface area contributed by atoms with Gasteiger partial charge in [0.05, 0.1) is 25.5 Å². The summed E-state index contributed by atoms with van der Waals surface area (Å²) in [7, 11) is 1.69. The highest BCUT2D eigenvalue weighted by Crippen LogP contribution is 2.24. The van der Waals surface area contributed by atoms with Crippen molar-refractivity contribution in [3.63, 3.8) is 0 Å². The van der Waals surface area contributed by atoms with E-state index in [1.54, 1.807) is 7.11 Å². The predicted octanol–water partition coefficient (Wildman–Crippen LogP) is 3.37. The Morgan fingerprint density at radius 2 is 1.89 bits per heavy atom. The third-order valence-corrected chi connectivity index (χ3v) is 4.55. The summed E-state index contributed by atoms with van der Waals surface area (Å²) in [5.74, 6) is 1.65. The minimum absolute atomic E-state index is 0.119. The van der Waals surface area contributed by atoms with Gasteiger partial charge in [0, 0.05) is 43.9 Å². The molecule has 1 saturated heterocycles. The summed E-state index contributed by atoms with van der Waals surface area (Å²) in [5, 5.41) is 3.49. The van der Waals surface area contributed by atoms with Gasteiger partial charge in [-0.25, -0.2) is 9.97 Å². The van der Waals surface area contributed by atoms with Gasteiger partial charge in [0.2, 0.25) is 0 Å². The molecule has 3 rings (SSSR count). The molecular formula is C21H30N4O2. The first kappa shape index (κ1) is 19.6. The van der Waals surface area contributed by atoms with E-state index < -0.39 is 0 Å². The second-order valence-corrected chi connectivity index (χ2v) is 7.83. The van der Waals surface area contributed by atoms with Crippen molar-refractivity contribution >= 4 is 11.5 Å². The maximum absolute atomic E-state index is 5.49. The van der Waals surface area contributed by atoms with Crippen molar-refractivity contribution in [1.82, 2.24) is 9.97 Å². The number of methoxy groups -OCH3 is 1. The summed E-state index contributed by atoms with van der Waals surface area (Å²) >= 11 is 0. The highest BCUT2D eigenvalue weighted by molar-refractivity contribution is 5.55. The lowest BCUT2D eigenvalue weighted by Crippen LogP contribution is -2.36. The third kappa shape index (κ3) is 5.17. The molecule has 146 valence electrons. The molecule has 6 heteroatoms. The van der Waals surface area contributed by atoms with Gasteiger partial charge in [-0.05, 0) is 11.6 Å². The van der Waals surface area contributed by atoms with Crippen LogP contribution in [0.15, 0.2) is 30.3 Å². The first-order chi connectivity index (χ1) is 13.0.